The normalized spacial score (nSPS) is 19.5. The molecule has 2 aliphatic carbocycles. The van der Waals surface area contributed by atoms with Crippen molar-refractivity contribution in [3.05, 3.63) is 187 Å². The van der Waals surface area contributed by atoms with Crippen LogP contribution in [0.25, 0.3) is 78.7 Å². The maximum absolute atomic E-state index is 9.54. The topological polar surface area (TPSA) is 62.5 Å². The van der Waals surface area contributed by atoms with E-state index >= 15 is 0 Å². The molecule has 0 radical (unpaired) electrons. The molecular weight excluding hydrogens is 741 g/mol. The Morgan fingerprint density at radius 2 is 0.770 bits per heavy atom. The predicted molar refractivity (Wildman–Crippen MR) is 249 cm³/mol. The molecule has 4 atom stereocenters. The van der Waals surface area contributed by atoms with Crippen molar-refractivity contribution >= 4 is 0 Å². The Morgan fingerprint density at radius 1 is 0.410 bits per heavy atom. The molecule has 2 saturated carbocycles. The molecule has 8 aromatic rings. The van der Waals surface area contributed by atoms with E-state index in [0.717, 1.165) is 62.3 Å². The molecule has 2 fully saturated rings. The zero-order valence-corrected chi connectivity index (χ0v) is 34.8. The molecule has 0 amide bonds. The van der Waals surface area contributed by atoms with Crippen LogP contribution in [0.5, 0.6) is 0 Å². The first-order valence-corrected chi connectivity index (χ1v) is 21.7. The Kier molecular flexibility index (Phi) is 10.2. The molecule has 4 nitrogen and oxygen atoms in total. The molecule has 7 aromatic carbocycles. The average Bonchev–Trinajstić information content (AvgIpc) is 3.31. The van der Waals surface area contributed by atoms with Gasteiger partial charge in [0.25, 0.3) is 0 Å². The summed E-state index contributed by atoms with van der Waals surface area (Å²) >= 11 is 0. The lowest BCUT2D eigenvalue weighted by Crippen LogP contribution is -2.42. The molecule has 0 saturated heterocycles. The number of hydrogen-bond acceptors (Lipinski definition) is 4. The fourth-order valence-electron chi connectivity index (χ4n) is 10.6. The standard InChI is InChI=1S/C57H48N4/c1-38-26-41-27-39(2)35-57(34-38,36-41)53-24-22-44(23-25-53)49-31-51(50-29-47(42-12-6-3-7-13-42)28-48(30-50)43-14-8-4-9-15-43)33-52(32-49)56-60-54(45-16-10-5-11-17-45)59-55(61-56)46-20-18-40(37-58)19-21-46/h3-25,28-33,38-39,41H,26-27,34-36H2,1-2H3/t38-,39+,41-,57?. The monoisotopic (exact) mass is 788 g/mol. The summed E-state index contributed by atoms with van der Waals surface area (Å²) in [5.74, 6) is 4.09. The minimum atomic E-state index is 0.262. The minimum Gasteiger partial charge on any atom is -0.208 e. The summed E-state index contributed by atoms with van der Waals surface area (Å²) in [5.41, 5.74) is 14.1. The molecule has 0 aliphatic heterocycles. The van der Waals surface area contributed by atoms with Crippen LogP contribution in [0.2, 0.25) is 0 Å². The van der Waals surface area contributed by atoms with Gasteiger partial charge in [0.15, 0.2) is 17.5 Å². The van der Waals surface area contributed by atoms with Crippen molar-refractivity contribution in [2.45, 2.75) is 51.4 Å². The molecule has 1 heterocycles. The first-order chi connectivity index (χ1) is 29.9. The summed E-state index contributed by atoms with van der Waals surface area (Å²) in [6.07, 6.45) is 6.60. The third-order valence-corrected chi connectivity index (χ3v) is 13.1. The smallest absolute Gasteiger partial charge is 0.164 e. The third-order valence-electron chi connectivity index (χ3n) is 13.1. The highest BCUT2D eigenvalue weighted by atomic mass is 15.0. The molecule has 0 N–H and O–H groups in total. The van der Waals surface area contributed by atoms with E-state index in [2.05, 4.69) is 141 Å². The fourth-order valence-corrected chi connectivity index (χ4v) is 10.6. The maximum Gasteiger partial charge on any atom is 0.164 e. The highest BCUT2D eigenvalue weighted by Gasteiger charge is 2.45. The Bertz CT molecular complexity index is 2780. The fraction of sp³-hybridized carbons (Fsp3) is 0.193. The molecule has 1 unspecified atom stereocenters. The van der Waals surface area contributed by atoms with Crippen LogP contribution in [0.1, 0.15) is 57.1 Å². The van der Waals surface area contributed by atoms with Crippen LogP contribution in [0, 0.1) is 29.1 Å². The second-order valence-corrected chi connectivity index (χ2v) is 17.7. The quantitative estimate of drug-likeness (QED) is 0.154. The lowest BCUT2D eigenvalue weighted by molar-refractivity contribution is 0.0780. The molecule has 2 aliphatic rings. The van der Waals surface area contributed by atoms with Gasteiger partial charge in [-0.1, -0.05) is 129 Å². The van der Waals surface area contributed by atoms with Crippen LogP contribution in [0.15, 0.2) is 176 Å². The number of hydrogen-bond donors (Lipinski definition) is 0. The number of nitriles is 1. The van der Waals surface area contributed by atoms with Crippen molar-refractivity contribution in [1.82, 2.24) is 15.0 Å². The van der Waals surface area contributed by atoms with E-state index in [9.17, 15) is 5.26 Å². The minimum absolute atomic E-state index is 0.262. The summed E-state index contributed by atoms with van der Waals surface area (Å²) in [6.45, 7) is 4.93. The van der Waals surface area contributed by atoms with Crippen molar-refractivity contribution < 1.29 is 0 Å². The molecule has 4 heteroatoms. The largest absolute Gasteiger partial charge is 0.208 e. The van der Waals surface area contributed by atoms with Gasteiger partial charge in [-0.25, -0.2) is 15.0 Å². The number of nitrogens with zero attached hydrogens (tertiary/aromatic N) is 4. The van der Waals surface area contributed by atoms with Gasteiger partial charge in [0.05, 0.1) is 11.6 Å². The predicted octanol–water partition coefficient (Wildman–Crippen LogP) is 14.5. The van der Waals surface area contributed by atoms with E-state index < -0.39 is 0 Å². The molecule has 2 bridgehead atoms. The van der Waals surface area contributed by atoms with Gasteiger partial charge < -0.3 is 0 Å². The zero-order chi connectivity index (χ0) is 41.3. The van der Waals surface area contributed by atoms with Crippen LogP contribution < -0.4 is 0 Å². The highest BCUT2D eigenvalue weighted by molar-refractivity contribution is 5.85. The lowest BCUT2D eigenvalue weighted by atomic mass is 9.54. The van der Waals surface area contributed by atoms with Crippen LogP contribution in [0.3, 0.4) is 0 Å². The van der Waals surface area contributed by atoms with Crippen LogP contribution >= 0.6 is 0 Å². The Labute approximate surface area is 359 Å². The van der Waals surface area contributed by atoms with Gasteiger partial charge in [0.2, 0.25) is 0 Å². The number of benzene rings is 7. The molecule has 61 heavy (non-hydrogen) atoms. The van der Waals surface area contributed by atoms with Gasteiger partial charge in [0.1, 0.15) is 0 Å². The van der Waals surface area contributed by atoms with E-state index in [4.69, 9.17) is 15.0 Å². The van der Waals surface area contributed by atoms with Gasteiger partial charge in [0, 0.05) is 16.7 Å². The number of aromatic nitrogens is 3. The van der Waals surface area contributed by atoms with E-state index in [0.29, 0.717) is 23.0 Å². The first-order valence-electron chi connectivity index (χ1n) is 21.7. The highest BCUT2D eigenvalue weighted by Crippen LogP contribution is 2.54. The summed E-state index contributed by atoms with van der Waals surface area (Å²) in [4.78, 5) is 15.3. The lowest BCUT2D eigenvalue weighted by Gasteiger charge is -2.50. The summed E-state index contributed by atoms with van der Waals surface area (Å²) < 4.78 is 0. The maximum atomic E-state index is 9.54. The molecule has 296 valence electrons. The molecule has 10 rings (SSSR count). The van der Waals surface area contributed by atoms with Crippen molar-refractivity contribution in [1.29, 1.82) is 5.26 Å². The van der Waals surface area contributed by atoms with Crippen molar-refractivity contribution in [2.75, 3.05) is 0 Å². The molecule has 1 aromatic heterocycles. The zero-order valence-electron chi connectivity index (χ0n) is 34.8. The number of rotatable bonds is 8. The summed E-state index contributed by atoms with van der Waals surface area (Å²) in [7, 11) is 0. The first kappa shape index (κ1) is 38.3. The van der Waals surface area contributed by atoms with E-state index in [1.807, 2.05) is 54.6 Å². The summed E-state index contributed by atoms with van der Waals surface area (Å²) in [5, 5.41) is 9.54. The van der Waals surface area contributed by atoms with Crippen molar-refractivity contribution in [2.24, 2.45) is 17.8 Å². The van der Waals surface area contributed by atoms with Gasteiger partial charge in [-0.15, -0.1) is 0 Å². The number of fused-ring (bicyclic) bond motifs is 2. The van der Waals surface area contributed by atoms with Crippen molar-refractivity contribution in [3.8, 4) is 84.7 Å². The van der Waals surface area contributed by atoms with Gasteiger partial charge in [-0.2, -0.15) is 5.26 Å². The van der Waals surface area contributed by atoms with E-state index in [1.54, 1.807) is 0 Å². The van der Waals surface area contributed by atoms with Crippen molar-refractivity contribution in [3.63, 3.8) is 0 Å². The van der Waals surface area contributed by atoms with Crippen LogP contribution in [-0.2, 0) is 5.41 Å². The van der Waals surface area contributed by atoms with Gasteiger partial charge >= 0.3 is 0 Å². The Balaban J connectivity index is 1.16. The SMILES string of the molecule is C[C@@H]1C[C@@H]2C[C@H](C)CC(c3ccc(-c4cc(-c5cc(-c6ccccc6)cc(-c6ccccc6)c5)cc(-c5nc(-c6ccccc6)nc(-c6ccc(C#N)cc6)n5)c4)cc3)(C1)C2. The second-order valence-electron chi connectivity index (χ2n) is 17.7. The molecular formula is C57H48N4. The van der Waals surface area contributed by atoms with E-state index in [1.165, 1.54) is 54.4 Å². The Morgan fingerprint density at radius 3 is 1.23 bits per heavy atom. The summed E-state index contributed by atoms with van der Waals surface area (Å²) in [6, 6.07) is 64.3. The van der Waals surface area contributed by atoms with E-state index in [-0.39, 0.29) is 5.41 Å². The van der Waals surface area contributed by atoms with Gasteiger partial charge in [-0.3, -0.25) is 0 Å². The molecule has 0 spiro atoms. The third kappa shape index (κ3) is 7.93. The van der Waals surface area contributed by atoms with Crippen LogP contribution in [-0.4, -0.2) is 15.0 Å². The van der Waals surface area contributed by atoms with Gasteiger partial charge in [-0.05, 0) is 166 Å². The Hall–Kier alpha value is -6.96. The second kappa shape index (κ2) is 16.2. The average molecular weight is 789 g/mol. The van der Waals surface area contributed by atoms with Crippen LogP contribution in [0.4, 0.5) is 0 Å².